The molecule has 3 aromatic rings. The van der Waals surface area contributed by atoms with E-state index in [0.717, 1.165) is 0 Å². The van der Waals surface area contributed by atoms with Crippen molar-refractivity contribution in [2.75, 3.05) is 4.90 Å². The summed E-state index contributed by atoms with van der Waals surface area (Å²) in [5.74, 6) is 0. The molecule has 0 fully saturated rings. The summed E-state index contributed by atoms with van der Waals surface area (Å²) in [4.78, 5) is 2.32. The summed E-state index contributed by atoms with van der Waals surface area (Å²) in [6, 6.07) is 28.4. The summed E-state index contributed by atoms with van der Waals surface area (Å²) in [7, 11) is 0. The van der Waals surface area contributed by atoms with Crippen LogP contribution < -0.4 is 4.90 Å². The van der Waals surface area contributed by atoms with E-state index in [1.807, 2.05) is 0 Å². The maximum atomic E-state index is 2.35. The molecule has 1 heteroatoms. The standard InChI is InChI=1S/C26H31N/c1-5-6-20-26(3,4)22-14-18-25(19-15-22)27(23-10-8-7-9-11-23)24-16-12-21(2)13-17-24/h7-19H,5-6,20H2,1-4H3. The van der Waals surface area contributed by atoms with Crippen molar-refractivity contribution in [2.45, 2.75) is 52.4 Å². The summed E-state index contributed by atoms with van der Waals surface area (Å²) in [5.41, 5.74) is 6.47. The van der Waals surface area contributed by atoms with Crippen molar-refractivity contribution < 1.29 is 0 Å². The van der Waals surface area contributed by atoms with E-state index in [4.69, 9.17) is 0 Å². The lowest BCUT2D eigenvalue weighted by Gasteiger charge is -2.28. The van der Waals surface area contributed by atoms with E-state index < -0.39 is 0 Å². The van der Waals surface area contributed by atoms with Crippen molar-refractivity contribution in [3.63, 3.8) is 0 Å². The van der Waals surface area contributed by atoms with Crippen LogP contribution in [0.2, 0.25) is 0 Å². The first-order chi connectivity index (χ1) is 13.0. The van der Waals surface area contributed by atoms with E-state index in [2.05, 4.69) is 111 Å². The van der Waals surface area contributed by atoms with Gasteiger partial charge in [-0.3, -0.25) is 0 Å². The fourth-order valence-corrected chi connectivity index (χ4v) is 3.54. The fraction of sp³-hybridized carbons (Fsp3) is 0.308. The second-order valence-electron chi connectivity index (χ2n) is 8.04. The van der Waals surface area contributed by atoms with Crippen LogP contribution in [0.4, 0.5) is 17.1 Å². The Morgan fingerprint density at radius 2 is 1.22 bits per heavy atom. The predicted octanol–water partition coefficient (Wildman–Crippen LogP) is 7.93. The highest BCUT2D eigenvalue weighted by molar-refractivity contribution is 5.76. The second kappa shape index (κ2) is 8.43. The molecular weight excluding hydrogens is 326 g/mol. The second-order valence-corrected chi connectivity index (χ2v) is 8.04. The largest absolute Gasteiger partial charge is 0.311 e. The Kier molecular flexibility index (Phi) is 6.01. The zero-order valence-electron chi connectivity index (χ0n) is 17.1. The number of nitrogens with zero attached hydrogens (tertiary/aromatic N) is 1. The van der Waals surface area contributed by atoms with Crippen molar-refractivity contribution in [1.82, 2.24) is 0 Å². The van der Waals surface area contributed by atoms with Crippen molar-refractivity contribution in [3.05, 3.63) is 90.0 Å². The van der Waals surface area contributed by atoms with Gasteiger partial charge in [-0.25, -0.2) is 0 Å². The Labute approximate surface area is 164 Å². The number of para-hydroxylation sites is 1. The number of unbranched alkanes of at least 4 members (excludes halogenated alkanes) is 1. The molecule has 0 amide bonds. The Hall–Kier alpha value is -2.54. The highest BCUT2D eigenvalue weighted by Gasteiger charge is 2.20. The molecule has 0 aromatic heterocycles. The third-order valence-electron chi connectivity index (χ3n) is 5.37. The van der Waals surface area contributed by atoms with Gasteiger partial charge in [0.25, 0.3) is 0 Å². The van der Waals surface area contributed by atoms with Gasteiger partial charge in [0.1, 0.15) is 0 Å². The van der Waals surface area contributed by atoms with Gasteiger partial charge >= 0.3 is 0 Å². The van der Waals surface area contributed by atoms with Gasteiger partial charge in [0.2, 0.25) is 0 Å². The van der Waals surface area contributed by atoms with Crippen molar-refractivity contribution in [1.29, 1.82) is 0 Å². The van der Waals surface area contributed by atoms with Crippen LogP contribution in [0.15, 0.2) is 78.9 Å². The fourth-order valence-electron chi connectivity index (χ4n) is 3.54. The molecule has 140 valence electrons. The number of aryl methyl sites for hydroxylation is 1. The molecule has 0 aliphatic heterocycles. The summed E-state index contributed by atoms with van der Waals surface area (Å²) < 4.78 is 0. The van der Waals surface area contributed by atoms with Gasteiger partial charge < -0.3 is 4.90 Å². The molecule has 3 aromatic carbocycles. The first kappa shape index (κ1) is 19.2. The molecule has 0 aliphatic carbocycles. The maximum absolute atomic E-state index is 2.35. The molecule has 3 rings (SSSR count). The van der Waals surface area contributed by atoms with Gasteiger partial charge in [0.05, 0.1) is 0 Å². The predicted molar refractivity (Wildman–Crippen MR) is 118 cm³/mol. The van der Waals surface area contributed by atoms with E-state index in [0.29, 0.717) is 0 Å². The van der Waals surface area contributed by atoms with Gasteiger partial charge in [-0.2, -0.15) is 0 Å². The SMILES string of the molecule is CCCCC(C)(C)c1ccc(N(c2ccccc2)c2ccc(C)cc2)cc1. The quantitative estimate of drug-likeness (QED) is 0.415. The third kappa shape index (κ3) is 4.60. The molecule has 0 N–H and O–H groups in total. The average Bonchev–Trinajstić information content (AvgIpc) is 2.69. The smallest absolute Gasteiger partial charge is 0.0461 e. The molecule has 0 saturated carbocycles. The van der Waals surface area contributed by atoms with Crippen LogP contribution in [0.1, 0.15) is 51.2 Å². The minimum atomic E-state index is 0.218. The van der Waals surface area contributed by atoms with Gasteiger partial charge in [-0.1, -0.05) is 81.6 Å². The Bertz CT molecular complexity index is 830. The first-order valence-corrected chi connectivity index (χ1v) is 10.0. The third-order valence-corrected chi connectivity index (χ3v) is 5.37. The van der Waals surface area contributed by atoms with Gasteiger partial charge in [-0.05, 0) is 60.7 Å². The molecule has 1 nitrogen and oxygen atoms in total. The normalized spacial score (nSPS) is 11.4. The molecule has 0 bridgehead atoms. The van der Waals surface area contributed by atoms with E-state index in [1.54, 1.807) is 0 Å². The van der Waals surface area contributed by atoms with E-state index in [1.165, 1.54) is 47.5 Å². The average molecular weight is 358 g/mol. The van der Waals surface area contributed by atoms with Gasteiger partial charge in [-0.15, -0.1) is 0 Å². The minimum absolute atomic E-state index is 0.218. The highest BCUT2D eigenvalue weighted by atomic mass is 15.1. The zero-order valence-corrected chi connectivity index (χ0v) is 17.1. The van der Waals surface area contributed by atoms with Crippen LogP contribution in [-0.2, 0) is 5.41 Å². The lowest BCUT2D eigenvalue weighted by molar-refractivity contribution is 0.458. The molecule has 0 unspecified atom stereocenters. The van der Waals surface area contributed by atoms with E-state index in [9.17, 15) is 0 Å². The number of benzene rings is 3. The Morgan fingerprint density at radius 3 is 1.78 bits per heavy atom. The van der Waals surface area contributed by atoms with Crippen LogP contribution in [-0.4, -0.2) is 0 Å². The molecule has 0 saturated heterocycles. The first-order valence-electron chi connectivity index (χ1n) is 10.0. The van der Waals surface area contributed by atoms with Crippen molar-refractivity contribution in [2.24, 2.45) is 0 Å². The van der Waals surface area contributed by atoms with Gasteiger partial charge in [0.15, 0.2) is 0 Å². The summed E-state index contributed by atoms with van der Waals surface area (Å²) >= 11 is 0. The van der Waals surface area contributed by atoms with Crippen LogP contribution in [0.5, 0.6) is 0 Å². The van der Waals surface area contributed by atoms with Gasteiger partial charge in [0, 0.05) is 17.1 Å². The molecule has 27 heavy (non-hydrogen) atoms. The summed E-state index contributed by atoms with van der Waals surface area (Å²) in [6.07, 6.45) is 3.74. The lowest BCUT2D eigenvalue weighted by atomic mass is 9.80. The number of hydrogen-bond donors (Lipinski definition) is 0. The lowest BCUT2D eigenvalue weighted by Crippen LogP contribution is -2.17. The van der Waals surface area contributed by atoms with Crippen LogP contribution in [0.3, 0.4) is 0 Å². The Balaban J connectivity index is 1.97. The zero-order chi connectivity index (χ0) is 19.3. The number of rotatable bonds is 7. The minimum Gasteiger partial charge on any atom is -0.311 e. The van der Waals surface area contributed by atoms with Crippen molar-refractivity contribution >= 4 is 17.1 Å². The Morgan fingerprint density at radius 1 is 0.704 bits per heavy atom. The molecular formula is C26H31N. The monoisotopic (exact) mass is 357 g/mol. The molecule has 0 atom stereocenters. The summed E-state index contributed by atoms with van der Waals surface area (Å²) in [6.45, 7) is 9.10. The molecule has 0 aliphatic rings. The van der Waals surface area contributed by atoms with Crippen LogP contribution in [0, 0.1) is 6.92 Å². The number of anilines is 3. The van der Waals surface area contributed by atoms with Crippen molar-refractivity contribution in [3.8, 4) is 0 Å². The summed E-state index contributed by atoms with van der Waals surface area (Å²) in [5, 5.41) is 0. The molecule has 0 radical (unpaired) electrons. The molecule has 0 spiro atoms. The number of hydrogen-bond acceptors (Lipinski definition) is 1. The molecule has 0 heterocycles. The van der Waals surface area contributed by atoms with Crippen LogP contribution in [0.25, 0.3) is 0 Å². The maximum Gasteiger partial charge on any atom is 0.0461 e. The van der Waals surface area contributed by atoms with Crippen LogP contribution >= 0.6 is 0 Å². The van der Waals surface area contributed by atoms with E-state index in [-0.39, 0.29) is 5.41 Å². The van der Waals surface area contributed by atoms with E-state index >= 15 is 0 Å². The highest BCUT2D eigenvalue weighted by Crippen LogP contribution is 2.36. The topological polar surface area (TPSA) is 3.24 Å².